The topological polar surface area (TPSA) is 84.3 Å². The molecule has 0 spiro atoms. The molecule has 0 saturated heterocycles. The summed E-state index contributed by atoms with van der Waals surface area (Å²) in [6, 6.07) is 7.38. The Labute approximate surface area is 138 Å². The van der Waals surface area contributed by atoms with E-state index in [0.717, 1.165) is 30.1 Å². The van der Waals surface area contributed by atoms with Gasteiger partial charge in [0, 0.05) is 12.0 Å². The number of ether oxygens (including phenoxy) is 1. The molecule has 6 nitrogen and oxygen atoms in total. The van der Waals surface area contributed by atoms with Gasteiger partial charge < -0.3 is 15.2 Å². The number of aromatic nitrogens is 2. The SMILES string of the molecule is CCCc1nnsc1C(=O)NC[C@]1(O)CCOc2ccccc21. The number of benzene rings is 1. The van der Waals surface area contributed by atoms with Crippen LogP contribution in [0.5, 0.6) is 5.75 Å². The molecular weight excluding hydrogens is 314 g/mol. The molecule has 1 aromatic heterocycles. The van der Waals surface area contributed by atoms with E-state index in [9.17, 15) is 9.90 Å². The number of fused-ring (bicyclic) bond motifs is 1. The first kappa shape index (κ1) is 15.9. The van der Waals surface area contributed by atoms with Crippen molar-refractivity contribution in [2.24, 2.45) is 0 Å². The van der Waals surface area contributed by atoms with Crippen LogP contribution in [0.2, 0.25) is 0 Å². The Hall–Kier alpha value is -1.99. The van der Waals surface area contributed by atoms with Crippen molar-refractivity contribution >= 4 is 17.4 Å². The van der Waals surface area contributed by atoms with Crippen LogP contribution in [-0.2, 0) is 12.0 Å². The average Bonchev–Trinajstić information content (AvgIpc) is 3.02. The van der Waals surface area contributed by atoms with Crippen LogP contribution in [0.3, 0.4) is 0 Å². The zero-order valence-corrected chi connectivity index (χ0v) is 13.7. The van der Waals surface area contributed by atoms with E-state index in [2.05, 4.69) is 14.9 Å². The van der Waals surface area contributed by atoms with E-state index in [0.29, 0.717) is 29.2 Å². The van der Waals surface area contributed by atoms with E-state index in [-0.39, 0.29) is 12.5 Å². The van der Waals surface area contributed by atoms with Crippen LogP contribution in [0.1, 0.15) is 40.7 Å². The van der Waals surface area contributed by atoms with Crippen LogP contribution >= 0.6 is 11.5 Å². The van der Waals surface area contributed by atoms with Crippen LogP contribution < -0.4 is 10.1 Å². The Morgan fingerprint density at radius 1 is 1.48 bits per heavy atom. The molecule has 1 aliphatic heterocycles. The normalized spacial score (nSPS) is 19.7. The monoisotopic (exact) mass is 333 g/mol. The van der Waals surface area contributed by atoms with Crippen LogP contribution in [0.15, 0.2) is 24.3 Å². The Morgan fingerprint density at radius 2 is 2.30 bits per heavy atom. The van der Waals surface area contributed by atoms with Crippen LogP contribution in [0.4, 0.5) is 0 Å². The third-order valence-electron chi connectivity index (χ3n) is 3.95. The van der Waals surface area contributed by atoms with Crippen LogP contribution in [0, 0.1) is 0 Å². The molecule has 0 fully saturated rings. The summed E-state index contributed by atoms with van der Waals surface area (Å²) in [5, 5.41) is 17.7. The van der Waals surface area contributed by atoms with Gasteiger partial charge >= 0.3 is 0 Å². The van der Waals surface area contributed by atoms with E-state index >= 15 is 0 Å². The van der Waals surface area contributed by atoms with Gasteiger partial charge in [0.25, 0.3) is 5.91 Å². The molecule has 0 aliphatic carbocycles. The summed E-state index contributed by atoms with van der Waals surface area (Å²) in [4.78, 5) is 12.9. The summed E-state index contributed by atoms with van der Waals surface area (Å²) in [5.41, 5.74) is 0.310. The van der Waals surface area contributed by atoms with E-state index < -0.39 is 5.60 Å². The maximum atomic E-state index is 12.4. The second-order valence-electron chi connectivity index (χ2n) is 5.61. The minimum Gasteiger partial charge on any atom is -0.493 e. The highest BCUT2D eigenvalue weighted by molar-refractivity contribution is 7.08. The number of rotatable bonds is 5. The van der Waals surface area contributed by atoms with Gasteiger partial charge in [-0.25, -0.2) is 0 Å². The number of carbonyl (C=O) groups excluding carboxylic acids is 1. The molecule has 1 aromatic carbocycles. The predicted molar refractivity (Wildman–Crippen MR) is 86.7 cm³/mol. The highest BCUT2D eigenvalue weighted by atomic mass is 32.1. The Morgan fingerprint density at radius 3 is 3.13 bits per heavy atom. The highest BCUT2D eigenvalue weighted by Crippen LogP contribution is 2.36. The van der Waals surface area contributed by atoms with Gasteiger partial charge in [-0.15, -0.1) is 5.10 Å². The van der Waals surface area contributed by atoms with Gasteiger partial charge in [0.15, 0.2) is 0 Å². The smallest absolute Gasteiger partial charge is 0.265 e. The number of hydrogen-bond acceptors (Lipinski definition) is 6. The molecule has 0 saturated carbocycles. The largest absolute Gasteiger partial charge is 0.493 e. The van der Waals surface area contributed by atoms with Crippen LogP contribution in [0.25, 0.3) is 0 Å². The first-order valence-electron chi connectivity index (χ1n) is 7.68. The van der Waals surface area contributed by atoms with E-state index in [4.69, 9.17) is 4.74 Å². The maximum Gasteiger partial charge on any atom is 0.265 e. The van der Waals surface area contributed by atoms with Crippen molar-refractivity contribution in [2.75, 3.05) is 13.2 Å². The fraction of sp³-hybridized carbons (Fsp3) is 0.438. The molecule has 1 atom stereocenters. The third kappa shape index (κ3) is 3.20. The van der Waals surface area contributed by atoms with E-state index in [1.54, 1.807) is 0 Å². The Bertz CT molecular complexity index is 703. The van der Waals surface area contributed by atoms with Crippen molar-refractivity contribution in [1.82, 2.24) is 14.9 Å². The molecule has 0 radical (unpaired) electrons. The zero-order chi connectivity index (χ0) is 16.3. The Balaban J connectivity index is 1.73. The third-order valence-corrected chi connectivity index (χ3v) is 4.72. The number of para-hydroxylation sites is 1. The van der Waals surface area contributed by atoms with E-state index in [1.165, 1.54) is 0 Å². The molecule has 2 N–H and O–H groups in total. The minimum atomic E-state index is -1.12. The van der Waals surface area contributed by atoms with Crippen molar-refractivity contribution in [2.45, 2.75) is 31.8 Å². The quantitative estimate of drug-likeness (QED) is 0.873. The number of aryl methyl sites for hydroxylation is 1. The molecule has 122 valence electrons. The van der Waals surface area contributed by atoms with Gasteiger partial charge in [0.05, 0.1) is 18.8 Å². The van der Waals surface area contributed by atoms with Gasteiger partial charge in [0.2, 0.25) is 0 Å². The van der Waals surface area contributed by atoms with Crippen molar-refractivity contribution in [3.05, 3.63) is 40.4 Å². The fourth-order valence-corrected chi connectivity index (χ4v) is 3.34. The summed E-state index contributed by atoms with van der Waals surface area (Å²) in [6.45, 7) is 2.59. The molecule has 1 aliphatic rings. The summed E-state index contributed by atoms with van der Waals surface area (Å²) in [6.07, 6.45) is 2.06. The highest BCUT2D eigenvalue weighted by Gasteiger charge is 2.36. The predicted octanol–water partition coefficient (Wildman–Crippen LogP) is 1.89. The molecule has 7 heteroatoms. The molecule has 2 heterocycles. The van der Waals surface area contributed by atoms with Gasteiger partial charge in [0.1, 0.15) is 16.2 Å². The molecular formula is C16H19N3O3S. The second kappa shape index (κ2) is 6.64. The lowest BCUT2D eigenvalue weighted by Crippen LogP contribution is -2.43. The molecule has 0 bridgehead atoms. The summed E-state index contributed by atoms with van der Waals surface area (Å²) >= 11 is 1.09. The van der Waals surface area contributed by atoms with E-state index in [1.807, 2.05) is 31.2 Å². The number of nitrogens with one attached hydrogen (secondary N) is 1. The first-order valence-corrected chi connectivity index (χ1v) is 8.45. The number of nitrogens with zero attached hydrogens (tertiary/aromatic N) is 2. The zero-order valence-electron chi connectivity index (χ0n) is 12.9. The fourth-order valence-electron chi connectivity index (χ4n) is 2.71. The van der Waals surface area contributed by atoms with Gasteiger partial charge in [-0.05, 0) is 24.0 Å². The van der Waals surface area contributed by atoms with Gasteiger partial charge in [-0.2, -0.15) is 0 Å². The van der Waals surface area contributed by atoms with Gasteiger partial charge in [-0.1, -0.05) is 36.0 Å². The number of aliphatic hydroxyl groups is 1. The second-order valence-corrected chi connectivity index (χ2v) is 6.36. The number of carbonyl (C=O) groups is 1. The molecule has 1 amide bonds. The van der Waals surface area contributed by atoms with Crippen molar-refractivity contribution in [3.63, 3.8) is 0 Å². The summed E-state index contributed by atoms with van der Waals surface area (Å²) in [7, 11) is 0. The molecule has 23 heavy (non-hydrogen) atoms. The van der Waals surface area contributed by atoms with Crippen molar-refractivity contribution in [1.29, 1.82) is 0 Å². The standard InChI is InChI=1S/C16H19N3O3S/c1-2-5-12-14(23-19-18-12)15(20)17-10-16(21)8-9-22-13-7-4-3-6-11(13)16/h3-4,6-7,21H,2,5,8-10H2,1H3,(H,17,20)/t16-/m1/s1. The van der Waals surface area contributed by atoms with Crippen molar-refractivity contribution < 1.29 is 14.6 Å². The van der Waals surface area contributed by atoms with Crippen LogP contribution in [-0.4, -0.2) is 33.8 Å². The maximum absolute atomic E-state index is 12.4. The molecule has 2 aromatic rings. The summed E-state index contributed by atoms with van der Waals surface area (Å²) < 4.78 is 9.42. The lowest BCUT2D eigenvalue weighted by molar-refractivity contribution is -0.00158. The van der Waals surface area contributed by atoms with Gasteiger partial charge in [-0.3, -0.25) is 4.79 Å². The summed E-state index contributed by atoms with van der Waals surface area (Å²) in [5.74, 6) is 0.433. The number of amides is 1. The molecule has 0 unspecified atom stereocenters. The van der Waals surface area contributed by atoms with Crippen molar-refractivity contribution in [3.8, 4) is 5.75 Å². The average molecular weight is 333 g/mol. The first-order chi connectivity index (χ1) is 11.1. The Kier molecular flexibility index (Phi) is 4.58. The number of hydrogen-bond donors (Lipinski definition) is 2. The minimum absolute atomic E-state index is 0.135. The lowest BCUT2D eigenvalue weighted by Gasteiger charge is -2.34. The molecule has 3 rings (SSSR count). The lowest BCUT2D eigenvalue weighted by atomic mass is 9.88.